The third-order valence-corrected chi connectivity index (χ3v) is 4.71. The average Bonchev–Trinajstić information content (AvgIpc) is 2.66. The molecule has 0 N–H and O–H groups in total. The maximum Gasteiger partial charge on any atom is 0.133 e. The van der Waals surface area contributed by atoms with Gasteiger partial charge in [0.1, 0.15) is 11.5 Å². The van der Waals surface area contributed by atoms with E-state index in [0.717, 1.165) is 41.2 Å². The molecule has 6 heteroatoms. The predicted molar refractivity (Wildman–Crippen MR) is 107 cm³/mol. The third kappa shape index (κ3) is 6.21. The molecule has 0 aromatic heterocycles. The summed E-state index contributed by atoms with van der Waals surface area (Å²) >= 11 is 1.61. The van der Waals surface area contributed by atoms with Crippen molar-refractivity contribution in [2.75, 3.05) is 13.2 Å². The van der Waals surface area contributed by atoms with Gasteiger partial charge in [-0.2, -0.15) is 0 Å². The summed E-state index contributed by atoms with van der Waals surface area (Å²) in [7, 11) is 0. The highest BCUT2D eigenvalue weighted by molar-refractivity contribution is 7.99. The Morgan fingerprint density at radius 3 is 2.23 bits per heavy atom. The van der Waals surface area contributed by atoms with Crippen LogP contribution >= 0.6 is 11.8 Å². The van der Waals surface area contributed by atoms with Gasteiger partial charge in [-0.1, -0.05) is 61.8 Å². The summed E-state index contributed by atoms with van der Waals surface area (Å²) in [4.78, 5) is 5.00. The topological polar surface area (TPSA) is 67.2 Å². The van der Waals surface area contributed by atoms with E-state index in [4.69, 9.17) is 15.0 Å². The van der Waals surface area contributed by atoms with Crippen molar-refractivity contribution in [1.29, 1.82) is 0 Å². The van der Waals surface area contributed by atoms with E-state index < -0.39 is 0 Å². The normalized spacial score (nSPS) is 10.2. The summed E-state index contributed by atoms with van der Waals surface area (Å²) in [5.74, 6) is 1.31. The lowest BCUT2D eigenvalue weighted by molar-refractivity contribution is 0.295. The minimum atomic E-state index is 0.465. The van der Waals surface area contributed by atoms with Crippen molar-refractivity contribution in [2.24, 2.45) is 5.11 Å². The highest BCUT2D eigenvalue weighted by Gasteiger charge is 2.13. The fraction of sp³-hybridized carbons (Fsp3) is 0.400. The van der Waals surface area contributed by atoms with Gasteiger partial charge in [0.05, 0.1) is 23.8 Å². The second-order valence-corrected chi connectivity index (χ2v) is 6.89. The molecule has 0 bridgehead atoms. The van der Waals surface area contributed by atoms with Gasteiger partial charge in [-0.05, 0) is 42.6 Å². The highest BCUT2D eigenvalue weighted by atomic mass is 32.2. The molecule has 0 atom stereocenters. The first kappa shape index (κ1) is 20.0. The molecule has 26 heavy (non-hydrogen) atoms. The molecule has 0 saturated heterocycles. The van der Waals surface area contributed by atoms with Gasteiger partial charge in [0.15, 0.2) is 0 Å². The van der Waals surface area contributed by atoms with Crippen LogP contribution in [-0.2, 0) is 0 Å². The van der Waals surface area contributed by atoms with Crippen LogP contribution in [-0.4, -0.2) is 13.2 Å². The molecule has 0 aliphatic carbocycles. The minimum Gasteiger partial charge on any atom is -0.493 e. The number of azide groups is 1. The Balaban J connectivity index is 2.35. The van der Waals surface area contributed by atoms with Gasteiger partial charge in [-0.15, -0.1) is 0 Å². The summed E-state index contributed by atoms with van der Waals surface area (Å²) < 4.78 is 11.8. The summed E-state index contributed by atoms with van der Waals surface area (Å²) in [6.07, 6.45) is 4.02. The van der Waals surface area contributed by atoms with E-state index in [1.165, 1.54) is 0 Å². The summed E-state index contributed by atoms with van der Waals surface area (Å²) in [6.45, 7) is 5.46. The molecule has 0 amide bonds. The van der Waals surface area contributed by atoms with Crippen LogP contribution in [0.1, 0.15) is 39.5 Å². The molecule has 138 valence electrons. The molecular formula is C20H25N3O2S. The van der Waals surface area contributed by atoms with Crippen LogP contribution in [0.4, 0.5) is 5.69 Å². The van der Waals surface area contributed by atoms with Crippen LogP contribution in [0.3, 0.4) is 0 Å². The molecule has 0 heterocycles. The number of unbranched alkanes of at least 4 members (excludes halogenated alkanes) is 2. The van der Waals surface area contributed by atoms with Crippen LogP contribution in [0.5, 0.6) is 11.5 Å². The van der Waals surface area contributed by atoms with E-state index in [1.54, 1.807) is 17.8 Å². The Kier molecular flexibility index (Phi) is 8.73. The standard InChI is InChI=1S/C20H25N3O2S/c1-3-5-12-24-18-15-20(26-16-10-8-7-9-11-16)19(25-13-6-4-2)14-17(18)22-23-21/h7-11,14-15H,3-6,12-13H2,1-2H3. The quantitative estimate of drug-likeness (QED) is 0.182. The molecular weight excluding hydrogens is 346 g/mol. The van der Waals surface area contributed by atoms with Crippen molar-refractivity contribution >= 4 is 17.4 Å². The van der Waals surface area contributed by atoms with Crippen molar-refractivity contribution in [3.05, 3.63) is 52.9 Å². The zero-order valence-electron chi connectivity index (χ0n) is 15.4. The Hall–Kier alpha value is -2.30. The second-order valence-electron chi connectivity index (χ2n) is 5.78. The molecule has 2 aromatic carbocycles. The zero-order chi connectivity index (χ0) is 18.6. The Morgan fingerprint density at radius 2 is 1.62 bits per heavy atom. The first-order chi connectivity index (χ1) is 12.8. The van der Waals surface area contributed by atoms with Crippen molar-refractivity contribution in [1.82, 2.24) is 0 Å². The van der Waals surface area contributed by atoms with E-state index >= 15 is 0 Å². The van der Waals surface area contributed by atoms with E-state index in [0.29, 0.717) is 24.7 Å². The van der Waals surface area contributed by atoms with Gasteiger partial charge < -0.3 is 9.47 Å². The van der Waals surface area contributed by atoms with E-state index in [9.17, 15) is 0 Å². The van der Waals surface area contributed by atoms with Crippen LogP contribution in [0.15, 0.2) is 57.4 Å². The van der Waals surface area contributed by atoms with Crippen LogP contribution in [0.2, 0.25) is 0 Å². The van der Waals surface area contributed by atoms with Crippen molar-refractivity contribution < 1.29 is 9.47 Å². The average molecular weight is 372 g/mol. The zero-order valence-corrected chi connectivity index (χ0v) is 16.2. The molecule has 2 rings (SSSR count). The molecule has 5 nitrogen and oxygen atoms in total. The lowest BCUT2D eigenvalue weighted by Gasteiger charge is -2.15. The fourth-order valence-corrected chi connectivity index (χ4v) is 3.17. The fourth-order valence-electron chi connectivity index (χ4n) is 2.23. The van der Waals surface area contributed by atoms with E-state index in [1.807, 2.05) is 24.3 Å². The van der Waals surface area contributed by atoms with Gasteiger partial charge in [0, 0.05) is 9.81 Å². The lowest BCUT2D eigenvalue weighted by atomic mass is 10.2. The van der Waals surface area contributed by atoms with Crippen LogP contribution < -0.4 is 9.47 Å². The van der Waals surface area contributed by atoms with Crippen LogP contribution in [0.25, 0.3) is 10.4 Å². The number of hydrogen-bond acceptors (Lipinski definition) is 4. The molecule has 2 aromatic rings. The van der Waals surface area contributed by atoms with Crippen LogP contribution in [0, 0.1) is 0 Å². The largest absolute Gasteiger partial charge is 0.493 e. The summed E-state index contributed by atoms with van der Waals surface area (Å²) in [6, 6.07) is 13.8. The molecule has 0 radical (unpaired) electrons. The summed E-state index contributed by atoms with van der Waals surface area (Å²) in [5.41, 5.74) is 9.35. The first-order valence-electron chi connectivity index (χ1n) is 9.00. The maximum atomic E-state index is 8.88. The summed E-state index contributed by atoms with van der Waals surface area (Å²) in [5, 5.41) is 3.79. The lowest BCUT2D eigenvalue weighted by Crippen LogP contribution is -2.00. The van der Waals surface area contributed by atoms with Crippen molar-refractivity contribution in [3.8, 4) is 11.5 Å². The van der Waals surface area contributed by atoms with Crippen molar-refractivity contribution in [3.63, 3.8) is 0 Å². The molecule has 0 aliphatic rings. The maximum absolute atomic E-state index is 8.88. The molecule has 0 saturated carbocycles. The molecule has 0 spiro atoms. The Bertz CT molecular complexity index is 731. The van der Waals surface area contributed by atoms with E-state index in [2.05, 4.69) is 36.0 Å². The molecule has 0 aliphatic heterocycles. The molecule has 0 unspecified atom stereocenters. The van der Waals surface area contributed by atoms with Gasteiger partial charge >= 0.3 is 0 Å². The smallest absolute Gasteiger partial charge is 0.133 e. The highest BCUT2D eigenvalue weighted by Crippen LogP contribution is 2.42. The van der Waals surface area contributed by atoms with E-state index in [-0.39, 0.29) is 0 Å². The van der Waals surface area contributed by atoms with Gasteiger partial charge in [0.2, 0.25) is 0 Å². The number of hydrogen-bond donors (Lipinski definition) is 0. The molecule has 0 fully saturated rings. The third-order valence-electron chi connectivity index (χ3n) is 3.66. The SMILES string of the molecule is CCCCOc1cc(Sc2ccccc2)c(OCCCC)cc1N=[N+]=[N-]. The number of nitrogens with zero attached hydrogens (tertiary/aromatic N) is 3. The predicted octanol–water partition coefficient (Wildman–Crippen LogP) is 7.14. The Labute approximate surface area is 159 Å². The first-order valence-corrected chi connectivity index (χ1v) is 9.81. The number of rotatable bonds is 11. The van der Waals surface area contributed by atoms with Gasteiger partial charge in [-0.25, -0.2) is 0 Å². The van der Waals surface area contributed by atoms with Gasteiger partial charge in [0.25, 0.3) is 0 Å². The van der Waals surface area contributed by atoms with Gasteiger partial charge in [-0.3, -0.25) is 0 Å². The second kappa shape index (κ2) is 11.3. The Morgan fingerprint density at radius 1 is 0.962 bits per heavy atom. The van der Waals surface area contributed by atoms with Crippen molar-refractivity contribution in [2.45, 2.75) is 49.3 Å². The number of benzene rings is 2. The number of ether oxygens (including phenoxy) is 2. The monoisotopic (exact) mass is 371 g/mol. The minimum absolute atomic E-state index is 0.465.